The van der Waals surface area contributed by atoms with Crippen molar-refractivity contribution in [1.29, 1.82) is 0 Å². The minimum Gasteiger partial charge on any atom is -0.368 e. The Morgan fingerprint density at radius 2 is 2.06 bits per heavy atom. The Kier molecular flexibility index (Phi) is 4.69. The number of carbonyl (C=O) groups excluding carboxylic acids is 2. The molecular weight excluding hydrogens is 284 g/mol. The number of primary amides is 1. The quantitative estimate of drug-likeness (QED) is 0.920. The molecule has 0 saturated heterocycles. The van der Waals surface area contributed by atoms with Crippen molar-refractivity contribution in [3.63, 3.8) is 0 Å². The summed E-state index contributed by atoms with van der Waals surface area (Å²) in [4.78, 5) is 24.3. The van der Waals surface area contributed by atoms with E-state index in [1.807, 2.05) is 19.9 Å². The zero-order valence-electron chi connectivity index (χ0n) is 9.87. The fourth-order valence-electron chi connectivity index (χ4n) is 1.42. The molecule has 4 nitrogen and oxygen atoms in total. The van der Waals surface area contributed by atoms with Crippen molar-refractivity contribution >= 4 is 27.7 Å². The molecule has 2 amide bonds. The maximum Gasteiger partial charge on any atom is 0.254 e. The van der Waals surface area contributed by atoms with Crippen LogP contribution in [0.3, 0.4) is 0 Å². The fourth-order valence-corrected chi connectivity index (χ4v) is 1.80. The molecule has 17 heavy (non-hydrogen) atoms. The summed E-state index contributed by atoms with van der Waals surface area (Å²) in [5, 5.41) is 0. The van der Waals surface area contributed by atoms with Crippen molar-refractivity contribution in [2.24, 2.45) is 5.73 Å². The first-order valence-electron chi connectivity index (χ1n) is 5.29. The number of amides is 2. The van der Waals surface area contributed by atoms with Gasteiger partial charge < -0.3 is 10.6 Å². The lowest BCUT2D eigenvalue weighted by Crippen LogP contribution is -2.38. The highest BCUT2D eigenvalue weighted by Gasteiger charge is 2.16. The standard InChI is InChI=1S/C12H15BrN2O2/c1-3-15(7-11(14)16)12(17)9-5-4-8(2)10(13)6-9/h4-6H,3,7H2,1-2H3,(H2,14,16). The van der Waals surface area contributed by atoms with E-state index in [-0.39, 0.29) is 12.5 Å². The summed E-state index contributed by atoms with van der Waals surface area (Å²) in [6.07, 6.45) is 0. The maximum atomic E-state index is 12.1. The number of hydrogen-bond acceptors (Lipinski definition) is 2. The molecule has 2 N–H and O–H groups in total. The molecule has 1 rings (SSSR count). The van der Waals surface area contributed by atoms with E-state index < -0.39 is 5.91 Å². The summed E-state index contributed by atoms with van der Waals surface area (Å²) in [7, 11) is 0. The van der Waals surface area contributed by atoms with E-state index in [0.29, 0.717) is 12.1 Å². The Morgan fingerprint density at radius 3 is 2.53 bits per heavy atom. The molecule has 0 heterocycles. The summed E-state index contributed by atoms with van der Waals surface area (Å²) in [6, 6.07) is 5.35. The Bertz CT molecular complexity index is 446. The predicted molar refractivity (Wildman–Crippen MR) is 69.7 cm³/mol. The third kappa shape index (κ3) is 3.56. The number of aryl methyl sites for hydroxylation is 1. The average Bonchev–Trinajstić information content (AvgIpc) is 2.28. The lowest BCUT2D eigenvalue weighted by molar-refractivity contribution is -0.118. The summed E-state index contributed by atoms with van der Waals surface area (Å²) in [5.74, 6) is -0.696. The van der Waals surface area contributed by atoms with Gasteiger partial charge in [0.25, 0.3) is 5.91 Å². The first-order chi connectivity index (χ1) is 7.95. The van der Waals surface area contributed by atoms with Gasteiger partial charge in [0.2, 0.25) is 5.91 Å². The Labute approximate surface area is 109 Å². The van der Waals surface area contributed by atoms with Gasteiger partial charge in [0.15, 0.2) is 0 Å². The van der Waals surface area contributed by atoms with Gasteiger partial charge in [-0.2, -0.15) is 0 Å². The number of carbonyl (C=O) groups is 2. The molecular formula is C12H15BrN2O2. The van der Waals surface area contributed by atoms with Gasteiger partial charge in [-0.05, 0) is 31.5 Å². The molecule has 0 aliphatic heterocycles. The van der Waals surface area contributed by atoms with Crippen LogP contribution in [0.4, 0.5) is 0 Å². The number of likely N-dealkylation sites (N-methyl/N-ethyl adjacent to an activating group) is 1. The molecule has 0 aliphatic rings. The SMILES string of the molecule is CCN(CC(N)=O)C(=O)c1ccc(C)c(Br)c1. The molecule has 0 spiro atoms. The zero-order valence-corrected chi connectivity index (χ0v) is 11.5. The summed E-state index contributed by atoms with van der Waals surface area (Å²) >= 11 is 3.37. The van der Waals surface area contributed by atoms with E-state index in [1.54, 1.807) is 12.1 Å². The summed E-state index contributed by atoms with van der Waals surface area (Å²) in [5.41, 5.74) is 6.70. The number of nitrogens with zero attached hydrogens (tertiary/aromatic N) is 1. The lowest BCUT2D eigenvalue weighted by Gasteiger charge is -2.19. The van der Waals surface area contributed by atoms with E-state index in [9.17, 15) is 9.59 Å². The Morgan fingerprint density at radius 1 is 1.41 bits per heavy atom. The van der Waals surface area contributed by atoms with Crippen LogP contribution in [-0.2, 0) is 4.79 Å². The molecule has 1 aromatic carbocycles. The van der Waals surface area contributed by atoms with Crippen molar-refractivity contribution in [3.05, 3.63) is 33.8 Å². The number of rotatable bonds is 4. The third-order valence-electron chi connectivity index (χ3n) is 2.43. The highest BCUT2D eigenvalue weighted by atomic mass is 79.9. The Balaban J connectivity index is 2.93. The van der Waals surface area contributed by atoms with Gasteiger partial charge in [0, 0.05) is 16.6 Å². The molecule has 0 atom stereocenters. The smallest absolute Gasteiger partial charge is 0.254 e. The van der Waals surface area contributed by atoms with E-state index in [4.69, 9.17) is 5.73 Å². The molecule has 0 unspecified atom stereocenters. The molecule has 0 fully saturated rings. The molecule has 0 aromatic heterocycles. The van der Waals surface area contributed by atoms with Crippen molar-refractivity contribution in [1.82, 2.24) is 4.90 Å². The van der Waals surface area contributed by atoms with Crippen molar-refractivity contribution in [3.8, 4) is 0 Å². The van der Waals surface area contributed by atoms with E-state index >= 15 is 0 Å². The summed E-state index contributed by atoms with van der Waals surface area (Å²) < 4.78 is 0.874. The van der Waals surface area contributed by atoms with Crippen molar-refractivity contribution in [2.75, 3.05) is 13.1 Å². The van der Waals surface area contributed by atoms with Gasteiger partial charge in [-0.1, -0.05) is 22.0 Å². The molecule has 92 valence electrons. The second kappa shape index (κ2) is 5.82. The van der Waals surface area contributed by atoms with Crippen LogP contribution >= 0.6 is 15.9 Å². The number of hydrogen-bond donors (Lipinski definition) is 1. The number of benzene rings is 1. The highest BCUT2D eigenvalue weighted by Crippen LogP contribution is 2.18. The second-order valence-corrected chi connectivity index (χ2v) is 4.60. The van der Waals surface area contributed by atoms with Crippen LogP contribution in [-0.4, -0.2) is 29.8 Å². The van der Waals surface area contributed by atoms with Crippen LogP contribution in [0, 0.1) is 6.92 Å². The van der Waals surface area contributed by atoms with E-state index in [0.717, 1.165) is 10.0 Å². The number of halogens is 1. The van der Waals surface area contributed by atoms with E-state index in [1.165, 1.54) is 4.90 Å². The third-order valence-corrected chi connectivity index (χ3v) is 3.29. The first kappa shape index (κ1) is 13.7. The number of nitrogens with two attached hydrogens (primary N) is 1. The van der Waals surface area contributed by atoms with Crippen LogP contribution in [0.25, 0.3) is 0 Å². The molecule has 5 heteroatoms. The lowest BCUT2D eigenvalue weighted by atomic mass is 10.1. The summed E-state index contributed by atoms with van der Waals surface area (Å²) in [6.45, 7) is 4.15. The maximum absolute atomic E-state index is 12.1. The van der Waals surface area contributed by atoms with Gasteiger partial charge in [-0.3, -0.25) is 9.59 Å². The van der Waals surface area contributed by atoms with Crippen LogP contribution < -0.4 is 5.73 Å². The van der Waals surface area contributed by atoms with Crippen molar-refractivity contribution in [2.45, 2.75) is 13.8 Å². The topological polar surface area (TPSA) is 63.4 Å². The molecule has 0 bridgehead atoms. The second-order valence-electron chi connectivity index (χ2n) is 3.75. The zero-order chi connectivity index (χ0) is 13.0. The van der Waals surface area contributed by atoms with E-state index in [2.05, 4.69) is 15.9 Å². The monoisotopic (exact) mass is 298 g/mol. The molecule has 0 saturated carbocycles. The average molecular weight is 299 g/mol. The Hall–Kier alpha value is -1.36. The minimum absolute atomic E-state index is 0.0547. The van der Waals surface area contributed by atoms with Crippen molar-refractivity contribution < 1.29 is 9.59 Å². The van der Waals surface area contributed by atoms with Crippen LogP contribution in [0.2, 0.25) is 0 Å². The predicted octanol–water partition coefficient (Wildman–Crippen LogP) is 1.70. The van der Waals surface area contributed by atoms with Gasteiger partial charge >= 0.3 is 0 Å². The van der Waals surface area contributed by atoms with Crippen LogP contribution in [0.1, 0.15) is 22.8 Å². The first-order valence-corrected chi connectivity index (χ1v) is 6.08. The van der Waals surface area contributed by atoms with Gasteiger partial charge in [-0.15, -0.1) is 0 Å². The molecule has 1 aromatic rings. The molecule has 0 radical (unpaired) electrons. The van der Waals surface area contributed by atoms with Gasteiger partial charge in [-0.25, -0.2) is 0 Å². The van der Waals surface area contributed by atoms with Crippen LogP contribution in [0.5, 0.6) is 0 Å². The van der Waals surface area contributed by atoms with Gasteiger partial charge in [0.1, 0.15) is 0 Å². The van der Waals surface area contributed by atoms with Crippen LogP contribution in [0.15, 0.2) is 22.7 Å². The normalized spacial score (nSPS) is 10.1. The largest absolute Gasteiger partial charge is 0.368 e. The fraction of sp³-hybridized carbons (Fsp3) is 0.333. The highest BCUT2D eigenvalue weighted by molar-refractivity contribution is 9.10. The minimum atomic E-state index is -0.508. The molecule has 0 aliphatic carbocycles. The van der Waals surface area contributed by atoms with Gasteiger partial charge in [0.05, 0.1) is 6.54 Å².